The molecule has 0 aromatic heterocycles. The van der Waals surface area contributed by atoms with Crippen LogP contribution in [0.2, 0.25) is 5.02 Å². The SMILES string of the molecule is CS(=O)(=O)c1ccccc1C(=O)OCc1ccc(F)cc1Cl. The molecule has 0 radical (unpaired) electrons. The summed E-state index contributed by atoms with van der Waals surface area (Å²) in [5.74, 6) is -1.29. The zero-order chi connectivity index (χ0) is 16.3. The number of benzene rings is 2. The van der Waals surface area contributed by atoms with Crippen LogP contribution in [0, 0.1) is 5.82 Å². The van der Waals surface area contributed by atoms with E-state index in [1.165, 1.54) is 36.4 Å². The van der Waals surface area contributed by atoms with E-state index in [2.05, 4.69) is 0 Å². The van der Waals surface area contributed by atoms with Crippen molar-refractivity contribution in [1.82, 2.24) is 0 Å². The summed E-state index contributed by atoms with van der Waals surface area (Å²) in [7, 11) is -3.55. The number of sulfone groups is 1. The Morgan fingerprint density at radius 3 is 2.55 bits per heavy atom. The first-order valence-electron chi connectivity index (χ1n) is 6.19. The van der Waals surface area contributed by atoms with Gasteiger partial charge in [-0.3, -0.25) is 0 Å². The van der Waals surface area contributed by atoms with Crippen LogP contribution in [-0.4, -0.2) is 20.6 Å². The molecule has 2 rings (SSSR count). The van der Waals surface area contributed by atoms with Gasteiger partial charge in [0.2, 0.25) is 0 Å². The highest BCUT2D eigenvalue weighted by Crippen LogP contribution is 2.20. The van der Waals surface area contributed by atoms with Crippen LogP contribution in [-0.2, 0) is 21.2 Å². The number of halogens is 2. The molecule has 0 spiro atoms. The van der Waals surface area contributed by atoms with Crippen LogP contribution in [0.15, 0.2) is 47.4 Å². The third-order valence-corrected chi connectivity index (χ3v) is 4.39. The van der Waals surface area contributed by atoms with Crippen molar-refractivity contribution in [3.05, 3.63) is 64.4 Å². The van der Waals surface area contributed by atoms with Gasteiger partial charge in [-0.15, -0.1) is 0 Å². The number of ether oxygens (including phenoxy) is 1. The van der Waals surface area contributed by atoms with Crippen molar-refractivity contribution in [3.8, 4) is 0 Å². The highest BCUT2D eigenvalue weighted by atomic mass is 35.5. The lowest BCUT2D eigenvalue weighted by Crippen LogP contribution is -2.11. The van der Waals surface area contributed by atoms with Crippen LogP contribution in [0.1, 0.15) is 15.9 Å². The van der Waals surface area contributed by atoms with Gasteiger partial charge in [0.25, 0.3) is 0 Å². The number of hydrogen-bond acceptors (Lipinski definition) is 4. The number of rotatable bonds is 4. The minimum atomic E-state index is -3.55. The van der Waals surface area contributed by atoms with E-state index < -0.39 is 21.6 Å². The van der Waals surface area contributed by atoms with Crippen LogP contribution in [0.3, 0.4) is 0 Å². The Hall–Kier alpha value is -1.92. The van der Waals surface area contributed by atoms with Gasteiger partial charge in [-0.05, 0) is 24.3 Å². The predicted octanol–water partition coefficient (Wildman–Crippen LogP) is 3.24. The molecule has 2 aromatic rings. The second kappa shape index (κ2) is 6.46. The fraction of sp³-hybridized carbons (Fsp3) is 0.133. The van der Waals surface area contributed by atoms with Crippen molar-refractivity contribution in [3.63, 3.8) is 0 Å². The molecule has 0 aliphatic carbocycles. The molecule has 2 aromatic carbocycles. The predicted molar refractivity (Wildman–Crippen MR) is 80.1 cm³/mol. The van der Waals surface area contributed by atoms with Gasteiger partial charge in [-0.25, -0.2) is 17.6 Å². The standard InChI is InChI=1S/C15H12ClFO4S/c1-22(19,20)14-5-3-2-4-12(14)15(18)21-9-10-6-7-11(17)8-13(10)16/h2-8H,9H2,1H3. The Balaban J connectivity index is 2.20. The lowest BCUT2D eigenvalue weighted by Gasteiger charge is -2.09. The number of esters is 1. The molecule has 0 heterocycles. The first-order chi connectivity index (χ1) is 10.3. The summed E-state index contributed by atoms with van der Waals surface area (Å²) in [5.41, 5.74) is 0.372. The topological polar surface area (TPSA) is 60.4 Å². The fourth-order valence-electron chi connectivity index (χ4n) is 1.82. The first-order valence-corrected chi connectivity index (χ1v) is 8.46. The Labute approximate surface area is 132 Å². The lowest BCUT2D eigenvalue weighted by molar-refractivity contribution is 0.0468. The van der Waals surface area contributed by atoms with Gasteiger partial charge >= 0.3 is 5.97 Å². The average Bonchev–Trinajstić information content (AvgIpc) is 2.45. The van der Waals surface area contributed by atoms with E-state index in [-0.39, 0.29) is 22.1 Å². The Bertz CT molecular complexity index is 818. The monoisotopic (exact) mass is 342 g/mol. The van der Waals surface area contributed by atoms with Gasteiger partial charge in [0.15, 0.2) is 9.84 Å². The third kappa shape index (κ3) is 3.84. The minimum absolute atomic E-state index is 0.0526. The van der Waals surface area contributed by atoms with E-state index in [4.69, 9.17) is 16.3 Å². The zero-order valence-electron chi connectivity index (χ0n) is 11.5. The number of carbonyl (C=O) groups is 1. The Morgan fingerprint density at radius 2 is 1.91 bits per heavy atom. The van der Waals surface area contributed by atoms with Crippen LogP contribution < -0.4 is 0 Å². The van der Waals surface area contributed by atoms with Gasteiger partial charge in [0.1, 0.15) is 12.4 Å². The number of carbonyl (C=O) groups excluding carboxylic acids is 1. The van der Waals surface area contributed by atoms with Crippen molar-refractivity contribution < 1.29 is 22.3 Å². The largest absolute Gasteiger partial charge is 0.457 e. The molecule has 0 fully saturated rings. The van der Waals surface area contributed by atoms with E-state index in [0.717, 1.165) is 12.3 Å². The molecule has 7 heteroatoms. The highest BCUT2D eigenvalue weighted by Gasteiger charge is 2.19. The molecule has 0 aliphatic rings. The summed E-state index contributed by atoms with van der Waals surface area (Å²) >= 11 is 5.84. The smallest absolute Gasteiger partial charge is 0.339 e. The molecule has 0 amide bonds. The molecule has 22 heavy (non-hydrogen) atoms. The van der Waals surface area contributed by atoms with E-state index in [1.54, 1.807) is 0 Å². The maximum Gasteiger partial charge on any atom is 0.339 e. The van der Waals surface area contributed by atoms with Gasteiger partial charge < -0.3 is 4.74 Å². The molecule has 0 N–H and O–H groups in total. The number of hydrogen-bond donors (Lipinski definition) is 0. The molecular weight excluding hydrogens is 331 g/mol. The molecule has 0 aliphatic heterocycles. The second-order valence-corrected chi connectivity index (χ2v) is 6.97. The molecule has 0 saturated carbocycles. The average molecular weight is 343 g/mol. The normalized spacial score (nSPS) is 11.2. The molecule has 0 atom stereocenters. The summed E-state index contributed by atoms with van der Waals surface area (Å²) in [5, 5.41) is 0.129. The van der Waals surface area contributed by atoms with E-state index in [9.17, 15) is 17.6 Å². The van der Waals surface area contributed by atoms with Gasteiger partial charge in [0.05, 0.1) is 15.5 Å². The third-order valence-electron chi connectivity index (χ3n) is 2.88. The van der Waals surface area contributed by atoms with Crippen molar-refractivity contribution in [2.24, 2.45) is 0 Å². The molecule has 0 saturated heterocycles. The summed E-state index contributed by atoms with van der Waals surface area (Å²) in [6.45, 7) is -0.184. The molecule has 0 unspecified atom stereocenters. The first kappa shape index (κ1) is 16.5. The van der Waals surface area contributed by atoms with Crippen LogP contribution in [0.4, 0.5) is 4.39 Å². The summed E-state index contributed by atoms with van der Waals surface area (Å²) in [6, 6.07) is 9.45. The lowest BCUT2D eigenvalue weighted by atomic mass is 10.2. The molecule has 4 nitrogen and oxygen atoms in total. The van der Waals surface area contributed by atoms with Crippen LogP contribution in [0.5, 0.6) is 0 Å². The van der Waals surface area contributed by atoms with E-state index in [0.29, 0.717) is 5.56 Å². The van der Waals surface area contributed by atoms with Gasteiger partial charge in [-0.2, -0.15) is 0 Å². The fourth-order valence-corrected chi connectivity index (χ4v) is 2.92. The van der Waals surface area contributed by atoms with Crippen molar-refractivity contribution >= 4 is 27.4 Å². The second-order valence-electron chi connectivity index (χ2n) is 4.58. The van der Waals surface area contributed by atoms with Crippen molar-refractivity contribution in [2.75, 3.05) is 6.26 Å². The zero-order valence-corrected chi connectivity index (χ0v) is 13.1. The maximum atomic E-state index is 12.9. The van der Waals surface area contributed by atoms with Crippen molar-refractivity contribution in [1.29, 1.82) is 0 Å². The van der Waals surface area contributed by atoms with E-state index >= 15 is 0 Å². The van der Waals surface area contributed by atoms with Gasteiger partial charge in [0, 0.05) is 11.8 Å². The quantitative estimate of drug-likeness (QED) is 0.800. The summed E-state index contributed by atoms with van der Waals surface area (Å²) in [4.78, 5) is 12.0. The van der Waals surface area contributed by atoms with Crippen LogP contribution >= 0.6 is 11.6 Å². The maximum absolute atomic E-state index is 12.9. The van der Waals surface area contributed by atoms with Gasteiger partial charge in [-0.1, -0.05) is 29.8 Å². The van der Waals surface area contributed by atoms with E-state index in [1.807, 2.05) is 0 Å². The Morgan fingerprint density at radius 1 is 1.23 bits per heavy atom. The highest BCUT2D eigenvalue weighted by molar-refractivity contribution is 7.90. The molecule has 116 valence electrons. The molecular formula is C15H12ClFO4S. The molecule has 0 bridgehead atoms. The minimum Gasteiger partial charge on any atom is -0.457 e. The summed E-state index contributed by atoms with van der Waals surface area (Å²) < 4.78 is 41.3. The summed E-state index contributed by atoms with van der Waals surface area (Å²) in [6.07, 6.45) is 1.01. The van der Waals surface area contributed by atoms with Crippen LogP contribution in [0.25, 0.3) is 0 Å². The Kier molecular flexibility index (Phi) is 4.83. The van der Waals surface area contributed by atoms with Crippen molar-refractivity contribution in [2.45, 2.75) is 11.5 Å².